The Labute approximate surface area is 170 Å². The van der Waals surface area contributed by atoms with Crippen LogP contribution in [0.5, 0.6) is 5.75 Å². The molecule has 1 atom stereocenters. The lowest BCUT2D eigenvalue weighted by Gasteiger charge is -2.36. The summed E-state index contributed by atoms with van der Waals surface area (Å²) >= 11 is 6.09. The molecule has 28 heavy (non-hydrogen) atoms. The monoisotopic (exact) mass is 400 g/mol. The van der Waals surface area contributed by atoms with Gasteiger partial charge in [0.15, 0.2) is 0 Å². The van der Waals surface area contributed by atoms with E-state index in [1.807, 2.05) is 47.4 Å². The molecule has 6 heteroatoms. The lowest BCUT2D eigenvalue weighted by molar-refractivity contribution is 0.0678. The highest BCUT2D eigenvalue weighted by molar-refractivity contribution is 6.30. The Bertz CT molecular complexity index is 798. The average Bonchev–Trinajstić information content (AvgIpc) is 3.26. The summed E-state index contributed by atoms with van der Waals surface area (Å²) in [4.78, 5) is 17.0. The van der Waals surface area contributed by atoms with Crippen LogP contribution in [0.15, 0.2) is 48.5 Å². The number of halogens is 1. The van der Waals surface area contributed by atoms with Gasteiger partial charge in [0.05, 0.1) is 6.10 Å². The highest BCUT2D eigenvalue weighted by Crippen LogP contribution is 2.22. The van der Waals surface area contributed by atoms with Gasteiger partial charge in [0, 0.05) is 49.1 Å². The van der Waals surface area contributed by atoms with Crippen LogP contribution in [-0.4, -0.2) is 56.3 Å². The van der Waals surface area contributed by atoms with Gasteiger partial charge >= 0.3 is 0 Å². The third kappa shape index (κ3) is 4.59. The van der Waals surface area contributed by atoms with Crippen molar-refractivity contribution in [3.05, 3.63) is 59.1 Å². The number of hydrogen-bond acceptors (Lipinski definition) is 4. The second-order valence-electron chi connectivity index (χ2n) is 7.23. The Morgan fingerprint density at radius 1 is 1.11 bits per heavy atom. The van der Waals surface area contributed by atoms with Gasteiger partial charge < -0.3 is 19.3 Å². The number of piperazine rings is 1. The lowest BCUT2D eigenvalue weighted by atomic mass is 10.1. The van der Waals surface area contributed by atoms with Gasteiger partial charge in [0.1, 0.15) is 12.4 Å². The van der Waals surface area contributed by atoms with E-state index in [1.54, 1.807) is 0 Å². The van der Waals surface area contributed by atoms with Crippen LogP contribution >= 0.6 is 11.6 Å². The minimum absolute atomic E-state index is 0.0661. The molecule has 2 aliphatic rings. The summed E-state index contributed by atoms with van der Waals surface area (Å²) in [7, 11) is 0. The zero-order chi connectivity index (χ0) is 19.3. The van der Waals surface area contributed by atoms with E-state index in [0.29, 0.717) is 25.3 Å². The van der Waals surface area contributed by atoms with Crippen LogP contribution in [0.25, 0.3) is 0 Å². The Hall–Kier alpha value is -2.24. The minimum Gasteiger partial charge on any atom is -0.491 e. The number of benzene rings is 2. The first-order valence-corrected chi connectivity index (χ1v) is 10.2. The summed E-state index contributed by atoms with van der Waals surface area (Å²) in [5.41, 5.74) is 1.80. The van der Waals surface area contributed by atoms with Crippen molar-refractivity contribution < 1.29 is 14.3 Å². The highest BCUT2D eigenvalue weighted by Gasteiger charge is 2.22. The number of carbonyl (C=O) groups is 1. The van der Waals surface area contributed by atoms with Crippen molar-refractivity contribution in [1.29, 1.82) is 0 Å². The number of rotatable bonds is 5. The molecule has 5 nitrogen and oxygen atoms in total. The Morgan fingerprint density at radius 2 is 1.89 bits per heavy atom. The fraction of sp³-hybridized carbons (Fsp3) is 0.409. The second-order valence-corrected chi connectivity index (χ2v) is 7.67. The van der Waals surface area contributed by atoms with E-state index in [2.05, 4.69) is 11.0 Å². The third-order valence-corrected chi connectivity index (χ3v) is 5.54. The molecule has 4 rings (SSSR count). The number of hydrogen-bond donors (Lipinski definition) is 0. The summed E-state index contributed by atoms with van der Waals surface area (Å²) in [6.07, 6.45) is 2.35. The summed E-state index contributed by atoms with van der Waals surface area (Å²) in [6, 6.07) is 15.3. The van der Waals surface area contributed by atoms with Crippen molar-refractivity contribution in [3.8, 4) is 5.75 Å². The molecule has 2 saturated heterocycles. The number of anilines is 1. The smallest absolute Gasteiger partial charge is 0.253 e. The minimum atomic E-state index is 0.0661. The van der Waals surface area contributed by atoms with Crippen LogP contribution in [0.3, 0.4) is 0 Å². The maximum Gasteiger partial charge on any atom is 0.253 e. The normalized spacial score (nSPS) is 19.7. The molecule has 0 aromatic heterocycles. The van der Waals surface area contributed by atoms with E-state index in [9.17, 15) is 4.79 Å². The molecule has 2 aromatic rings. The maximum atomic E-state index is 12.8. The second kappa shape index (κ2) is 8.84. The SMILES string of the molecule is O=C(c1ccc(OC[C@H]2CCCO2)cc1)N1CCN(c2cccc(Cl)c2)CC1. The van der Waals surface area contributed by atoms with Gasteiger partial charge in [-0.2, -0.15) is 0 Å². The molecule has 0 aliphatic carbocycles. The van der Waals surface area contributed by atoms with Crippen LogP contribution < -0.4 is 9.64 Å². The first kappa shape index (κ1) is 19.1. The van der Waals surface area contributed by atoms with Crippen LogP contribution in [0.1, 0.15) is 23.2 Å². The van der Waals surface area contributed by atoms with Gasteiger partial charge in [-0.25, -0.2) is 0 Å². The van der Waals surface area contributed by atoms with Gasteiger partial charge in [-0.1, -0.05) is 17.7 Å². The standard InChI is InChI=1S/C22H25ClN2O3/c23-18-3-1-4-19(15-18)24-10-12-25(13-11-24)22(26)17-6-8-20(9-7-17)28-16-21-5-2-14-27-21/h1,3-4,6-9,15,21H,2,5,10-14,16H2/t21-/m1/s1. The van der Waals surface area contributed by atoms with Crippen LogP contribution in [0.2, 0.25) is 5.02 Å². The van der Waals surface area contributed by atoms with Gasteiger partial charge in [-0.05, 0) is 55.3 Å². The molecule has 2 aliphatic heterocycles. The molecule has 0 saturated carbocycles. The van der Waals surface area contributed by atoms with Crippen LogP contribution in [0.4, 0.5) is 5.69 Å². The Morgan fingerprint density at radius 3 is 2.57 bits per heavy atom. The number of amides is 1. The van der Waals surface area contributed by atoms with E-state index in [-0.39, 0.29) is 12.0 Å². The van der Waals surface area contributed by atoms with E-state index < -0.39 is 0 Å². The molecule has 0 radical (unpaired) electrons. The summed E-state index contributed by atoms with van der Waals surface area (Å²) < 4.78 is 11.3. The third-order valence-electron chi connectivity index (χ3n) is 5.30. The molecular formula is C22H25ClN2O3. The predicted molar refractivity (Wildman–Crippen MR) is 110 cm³/mol. The zero-order valence-electron chi connectivity index (χ0n) is 15.9. The van der Waals surface area contributed by atoms with Crippen LogP contribution in [0, 0.1) is 0 Å². The topological polar surface area (TPSA) is 42.0 Å². The maximum absolute atomic E-state index is 12.8. The van der Waals surface area contributed by atoms with E-state index in [1.165, 1.54) is 0 Å². The van der Waals surface area contributed by atoms with E-state index in [4.69, 9.17) is 21.1 Å². The summed E-state index contributed by atoms with van der Waals surface area (Å²) in [6.45, 7) is 4.39. The summed E-state index contributed by atoms with van der Waals surface area (Å²) in [5.74, 6) is 0.842. The zero-order valence-corrected chi connectivity index (χ0v) is 16.6. The molecule has 2 aromatic carbocycles. The Balaban J connectivity index is 1.29. The van der Waals surface area contributed by atoms with Crippen LogP contribution in [-0.2, 0) is 4.74 Å². The molecule has 0 unspecified atom stereocenters. The molecule has 148 valence electrons. The van der Waals surface area contributed by atoms with E-state index in [0.717, 1.165) is 49.0 Å². The fourth-order valence-corrected chi connectivity index (χ4v) is 3.87. The van der Waals surface area contributed by atoms with Crippen molar-refractivity contribution in [1.82, 2.24) is 4.90 Å². The first-order valence-electron chi connectivity index (χ1n) is 9.83. The number of carbonyl (C=O) groups excluding carboxylic acids is 1. The molecule has 0 N–H and O–H groups in total. The largest absolute Gasteiger partial charge is 0.491 e. The van der Waals surface area contributed by atoms with Crippen molar-refractivity contribution >= 4 is 23.2 Å². The van der Waals surface area contributed by atoms with E-state index >= 15 is 0 Å². The Kier molecular flexibility index (Phi) is 6.03. The van der Waals surface area contributed by atoms with Gasteiger partial charge in [-0.3, -0.25) is 4.79 Å². The molecule has 0 bridgehead atoms. The van der Waals surface area contributed by atoms with Gasteiger partial charge in [-0.15, -0.1) is 0 Å². The van der Waals surface area contributed by atoms with Crippen molar-refractivity contribution in [2.45, 2.75) is 18.9 Å². The predicted octanol–water partition coefficient (Wildman–Crippen LogP) is 3.86. The molecule has 2 heterocycles. The first-order chi connectivity index (χ1) is 13.7. The van der Waals surface area contributed by atoms with Crippen molar-refractivity contribution in [2.75, 3.05) is 44.3 Å². The van der Waals surface area contributed by atoms with Gasteiger partial charge in [0.25, 0.3) is 5.91 Å². The fourth-order valence-electron chi connectivity index (χ4n) is 3.68. The molecule has 0 spiro atoms. The average molecular weight is 401 g/mol. The van der Waals surface area contributed by atoms with Crippen molar-refractivity contribution in [2.24, 2.45) is 0 Å². The number of ether oxygens (including phenoxy) is 2. The molecule has 1 amide bonds. The van der Waals surface area contributed by atoms with Crippen molar-refractivity contribution in [3.63, 3.8) is 0 Å². The summed E-state index contributed by atoms with van der Waals surface area (Å²) in [5, 5.41) is 0.734. The highest BCUT2D eigenvalue weighted by atomic mass is 35.5. The quantitative estimate of drug-likeness (QED) is 0.764. The number of nitrogens with zero attached hydrogens (tertiary/aromatic N) is 2. The molecule has 2 fully saturated rings. The molecular weight excluding hydrogens is 376 g/mol. The van der Waals surface area contributed by atoms with Gasteiger partial charge in [0.2, 0.25) is 0 Å². The lowest BCUT2D eigenvalue weighted by Crippen LogP contribution is -2.48.